The Hall–Kier alpha value is -1.56. The van der Waals surface area contributed by atoms with Crippen LogP contribution in [-0.2, 0) is 4.79 Å². The number of hydrogen-bond donors (Lipinski definition) is 2. The van der Waals surface area contributed by atoms with E-state index in [0.717, 1.165) is 11.1 Å². The molecule has 0 radical (unpaired) electrons. The lowest BCUT2D eigenvalue weighted by Crippen LogP contribution is -2.48. The number of halogens is 3. The lowest BCUT2D eigenvalue weighted by molar-refractivity contribution is -0.183. The van der Waals surface area contributed by atoms with Gasteiger partial charge in [0, 0.05) is 5.69 Å². The summed E-state index contributed by atoms with van der Waals surface area (Å²) in [7, 11) is 0. The number of benzene rings is 1. The number of nitrogens with one attached hydrogen (secondary N) is 2. The molecule has 0 spiro atoms. The first-order valence-electron chi connectivity index (χ1n) is 7.90. The Bertz CT molecular complexity index is 569. The fraction of sp³-hybridized carbons (Fsp3) is 0.588. The molecule has 2 rings (SSSR count). The van der Waals surface area contributed by atoms with Crippen molar-refractivity contribution >= 4 is 11.6 Å². The predicted octanol–water partition coefficient (Wildman–Crippen LogP) is 3.99. The fourth-order valence-corrected chi connectivity index (χ4v) is 2.98. The zero-order valence-electron chi connectivity index (χ0n) is 13.6. The highest BCUT2D eigenvalue weighted by Gasteiger charge is 2.43. The fourth-order valence-electron chi connectivity index (χ4n) is 2.98. The predicted molar refractivity (Wildman–Crippen MR) is 84.5 cm³/mol. The number of hydrogen-bond acceptors (Lipinski definition) is 2. The molecule has 1 aromatic rings. The minimum absolute atomic E-state index is 0.0231. The number of carbonyl (C=O) groups excluding carboxylic acids is 1. The van der Waals surface area contributed by atoms with E-state index in [9.17, 15) is 18.0 Å². The second-order valence-electron chi connectivity index (χ2n) is 6.48. The van der Waals surface area contributed by atoms with Gasteiger partial charge in [0.15, 0.2) is 0 Å². The zero-order valence-corrected chi connectivity index (χ0v) is 13.6. The van der Waals surface area contributed by atoms with Crippen molar-refractivity contribution in [1.29, 1.82) is 0 Å². The number of alkyl halides is 3. The standard InChI is InChI=1S/C17H23F3N2O/c1-10(2)14-9-13(5-4-11(14)3)22-16(23)15-8-12(6-7-21-15)17(18,19)20/h4-5,9-10,12,15,21H,6-8H2,1-3H3,(H,22,23). The lowest BCUT2D eigenvalue weighted by atomic mass is 9.91. The number of carbonyl (C=O) groups is 1. The summed E-state index contributed by atoms with van der Waals surface area (Å²) in [6.45, 7) is 6.32. The summed E-state index contributed by atoms with van der Waals surface area (Å²) in [4.78, 5) is 12.3. The molecule has 1 aliphatic heterocycles. The van der Waals surface area contributed by atoms with Crippen molar-refractivity contribution in [2.45, 2.75) is 51.7 Å². The van der Waals surface area contributed by atoms with Crippen molar-refractivity contribution in [3.05, 3.63) is 29.3 Å². The third kappa shape index (κ3) is 4.47. The van der Waals surface area contributed by atoms with Crippen LogP contribution >= 0.6 is 0 Å². The van der Waals surface area contributed by atoms with Crippen LogP contribution in [0.2, 0.25) is 0 Å². The molecule has 6 heteroatoms. The van der Waals surface area contributed by atoms with Crippen molar-refractivity contribution in [1.82, 2.24) is 5.32 Å². The Labute approximate surface area is 134 Å². The first-order chi connectivity index (χ1) is 10.7. The molecule has 2 unspecified atom stereocenters. The first-order valence-corrected chi connectivity index (χ1v) is 7.90. The van der Waals surface area contributed by atoms with Crippen molar-refractivity contribution < 1.29 is 18.0 Å². The normalized spacial score (nSPS) is 22.2. The van der Waals surface area contributed by atoms with Crippen LogP contribution in [-0.4, -0.2) is 24.7 Å². The van der Waals surface area contributed by atoms with Crippen LogP contribution in [0, 0.1) is 12.8 Å². The molecule has 2 atom stereocenters. The molecule has 0 saturated carbocycles. The van der Waals surface area contributed by atoms with Crippen LogP contribution in [0.1, 0.15) is 43.7 Å². The Morgan fingerprint density at radius 3 is 2.65 bits per heavy atom. The van der Waals surface area contributed by atoms with E-state index in [-0.39, 0.29) is 19.4 Å². The summed E-state index contributed by atoms with van der Waals surface area (Å²) in [5, 5.41) is 5.62. The smallest absolute Gasteiger partial charge is 0.325 e. The molecule has 1 amide bonds. The highest BCUT2D eigenvalue weighted by atomic mass is 19.4. The Morgan fingerprint density at radius 1 is 1.35 bits per heavy atom. The molecule has 23 heavy (non-hydrogen) atoms. The molecule has 1 aliphatic rings. The molecule has 1 heterocycles. The van der Waals surface area contributed by atoms with Gasteiger partial charge in [-0.25, -0.2) is 0 Å². The van der Waals surface area contributed by atoms with Gasteiger partial charge in [0.1, 0.15) is 0 Å². The maximum Gasteiger partial charge on any atom is 0.391 e. The first kappa shape index (κ1) is 17.8. The summed E-state index contributed by atoms with van der Waals surface area (Å²) < 4.78 is 38.5. The van der Waals surface area contributed by atoms with Crippen molar-refractivity contribution in [2.75, 3.05) is 11.9 Å². The topological polar surface area (TPSA) is 41.1 Å². The van der Waals surface area contributed by atoms with Crippen LogP contribution in [0.4, 0.5) is 18.9 Å². The maximum absolute atomic E-state index is 12.8. The summed E-state index contributed by atoms with van der Waals surface area (Å²) >= 11 is 0. The minimum atomic E-state index is -4.24. The van der Waals surface area contributed by atoms with E-state index in [1.807, 2.05) is 19.1 Å². The molecule has 0 aliphatic carbocycles. The molecule has 0 bridgehead atoms. The number of piperidine rings is 1. The second-order valence-corrected chi connectivity index (χ2v) is 6.48. The average molecular weight is 328 g/mol. The molecule has 1 saturated heterocycles. The zero-order chi connectivity index (χ0) is 17.2. The van der Waals surface area contributed by atoms with Crippen LogP contribution in [0.25, 0.3) is 0 Å². The third-order valence-corrected chi connectivity index (χ3v) is 4.35. The van der Waals surface area contributed by atoms with E-state index in [4.69, 9.17) is 0 Å². The third-order valence-electron chi connectivity index (χ3n) is 4.35. The number of rotatable bonds is 3. The van der Waals surface area contributed by atoms with E-state index in [1.165, 1.54) is 0 Å². The van der Waals surface area contributed by atoms with Gasteiger partial charge in [-0.2, -0.15) is 13.2 Å². The van der Waals surface area contributed by atoms with Crippen LogP contribution in [0.3, 0.4) is 0 Å². The Morgan fingerprint density at radius 2 is 2.04 bits per heavy atom. The van der Waals surface area contributed by atoms with Gasteiger partial charge in [0.25, 0.3) is 0 Å². The SMILES string of the molecule is Cc1ccc(NC(=O)C2CC(C(F)(F)F)CCN2)cc1C(C)C. The second kappa shape index (κ2) is 6.91. The largest absolute Gasteiger partial charge is 0.391 e. The van der Waals surface area contributed by atoms with Gasteiger partial charge in [0.05, 0.1) is 12.0 Å². The van der Waals surface area contributed by atoms with E-state index in [1.54, 1.807) is 6.07 Å². The van der Waals surface area contributed by atoms with E-state index < -0.39 is 24.0 Å². The molecule has 1 aromatic carbocycles. The van der Waals surface area contributed by atoms with Crippen LogP contribution in [0.15, 0.2) is 18.2 Å². The van der Waals surface area contributed by atoms with Gasteiger partial charge >= 0.3 is 6.18 Å². The molecule has 3 nitrogen and oxygen atoms in total. The minimum Gasteiger partial charge on any atom is -0.325 e. The maximum atomic E-state index is 12.8. The van der Waals surface area contributed by atoms with Gasteiger partial charge < -0.3 is 10.6 Å². The summed E-state index contributed by atoms with van der Waals surface area (Å²) in [5.74, 6) is -1.50. The van der Waals surface area contributed by atoms with Gasteiger partial charge in [-0.3, -0.25) is 4.79 Å². The van der Waals surface area contributed by atoms with Gasteiger partial charge in [-0.15, -0.1) is 0 Å². The molecular weight excluding hydrogens is 305 g/mol. The average Bonchev–Trinajstić information content (AvgIpc) is 2.48. The van der Waals surface area contributed by atoms with Gasteiger partial charge in [-0.05, 0) is 55.5 Å². The van der Waals surface area contributed by atoms with Crippen LogP contribution in [0.5, 0.6) is 0 Å². The van der Waals surface area contributed by atoms with Crippen molar-refractivity contribution in [2.24, 2.45) is 5.92 Å². The number of anilines is 1. The molecule has 0 aromatic heterocycles. The van der Waals surface area contributed by atoms with E-state index in [2.05, 4.69) is 24.5 Å². The molecule has 128 valence electrons. The van der Waals surface area contributed by atoms with Crippen LogP contribution < -0.4 is 10.6 Å². The highest BCUT2D eigenvalue weighted by Crippen LogP contribution is 2.34. The van der Waals surface area contributed by atoms with Crippen molar-refractivity contribution in [3.8, 4) is 0 Å². The molecule has 2 N–H and O–H groups in total. The summed E-state index contributed by atoms with van der Waals surface area (Å²) in [6, 6.07) is 4.78. The summed E-state index contributed by atoms with van der Waals surface area (Å²) in [5.41, 5.74) is 2.87. The lowest BCUT2D eigenvalue weighted by Gasteiger charge is -2.30. The monoisotopic (exact) mass is 328 g/mol. The van der Waals surface area contributed by atoms with Gasteiger partial charge in [0.2, 0.25) is 5.91 Å². The summed E-state index contributed by atoms with van der Waals surface area (Å²) in [6.07, 6.45) is -4.43. The van der Waals surface area contributed by atoms with E-state index >= 15 is 0 Å². The number of amides is 1. The number of aryl methyl sites for hydroxylation is 1. The molecular formula is C17H23F3N2O. The molecule has 1 fully saturated rings. The van der Waals surface area contributed by atoms with Crippen molar-refractivity contribution in [3.63, 3.8) is 0 Å². The Kier molecular flexibility index (Phi) is 5.34. The Balaban J connectivity index is 2.06. The highest BCUT2D eigenvalue weighted by molar-refractivity contribution is 5.95. The quantitative estimate of drug-likeness (QED) is 0.881. The van der Waals surface area contributed by atoms with E-state index in [0.29, 0.717) is 11.6 Å². The van der Waals surface area contributed by atoms with Gasteiger partial charge in [-0.1, -0.05) is 19.9 Å².